The van der Waals surface area contributed by atoms with Gasteiger partial charge in [0.2, 0.25) is 0 Å². The maximum Gasteiger partial charge on any atom is 0.436 e. The van der Waals surface area contributed by atoms with Crippen LogP contribution in [0.1, 0.15) is 24.2 Å². The molecule has 0 amide bonds. The zero-order chi connectivity index (χ0) is 11.2. The molecular formula is C9H10BrF3N2. The van der Waals surface area contributed by atoms with Crippen LogP contribution in [0, 0.1) is 12.8 Å². The van der Waals surface area contributed by atoms with Gasteiger partial charge < -0.3 is 0 Å². The van der Waals surface area contributed by atoms with Crippen molar-refractivity contribution in [3.05, 3.63) is 15.9 Å². The number of alkyl halides is 3. The van der Waals surface area contributed by atoms with Crippen LogP contribution in [-0.2, 0) is 12.7 Å². The second kappa shape index (κ2) is 3.50. The second-order valence-corrected chi connectivity index (χ2v) is 4.66. The molecule has 0 saturated heterocycles. The van der Waals surface area contributed by atoms with Gasteiger partial charge in [-0.1, -0.05) is 0 Å². The summed E-state index contributed by atoms with van der Waals surface area (Å²) >= 11 is 2.94. The molecule has 0 unspecified atom stereocenters. The van der Waals surface area contributed by atoms with Crippen molar-refractivity contribution in [1.82, 2.24) is 9.78 Å². The van der Waals surface area contributed by atoms with Crippen LogP contribution in [0.2, 0.25) is 0 Å². The van der Waals surface area contributed by atoms with Gasteiger partial charge in [-0.15, -0.1) is 0 Å². The van der Waals surface area contributed by atoms with Crippen LogP contribution in [0.5, 0.6) is 0 Å². The van der Waals surface area contributed by atoms with Gasteiger partial charge in [0.25, 0.3) is 0 Å². The smallest absolute Gasteiger partial charge is 0.268 e. The molecule has 0 spiro atoms. The van der Waals surface area contributed by atoms with Gasteiger partial charge in [0.1, 0.15) is 0 Å². The zero-order valence-corrected chi connectivity index (χ0v) is 9.69. The summed E-state index contributed by atoms with van der Waals surface area (Å²) in [5.74, 6) is 0.511. The summed E-state index contributed by atoms with van der Waals surface area (Å²) in [4.78, 5) is 0. The van der Waals surface area contributed by atoms with Crippen molar-refractivity contribution in [2.75, 3.05) is 0 Å². The molecule has 6 heteroatoms. The third-order valence-corrected chi connectivity index (χ3v) is 3.48. The van der Waals surface area contributed by atoms with E-state index in [0.717, 1.165) is 12.8 Å². The summed E-state index contributed by atoms with van der Waals surface area (Å²) in [5.41, 5.74) is -0.269. The SMILES string of the molecule is Cc1c(Br)c(C(F)(F)F)nn1CC1CC1. The highest BCUT2D eigenvalue weighted by atomic mass is 79.9. The first kappa shape index (κ1) is 11.0. The largest absolute Gasteiger partial charge is 0.436 e. The standard InChI is InChI=1S/C9H10BrF3N2/c1-5-7(10)8(9(11,12)13)14-15(5)4-6-2-3-6/h6H,2-4H2,1H3. The van der Waals surface area contributed by atoms with Crippen molar-refractivity contribution in [2.24, 2.45) is 5.92 Å². The summed E-state index contributed by atoms with van der Waals surface area (Å²) in [6, 6.07) is 0. The number of nitrogens with zero attached hydrogens (tertiary/aromatic N) is 2. The minimum absolute atomic E-state index is 0.0654. The van der Waals surface area contributed by atoms with Gasteiger partial charge in [0, 0.05) is 6.54 Å². The van der Waals surface area contributed by atoms with E-state index in [1.807, 2.05) is 0 Å². The number of rotatable bonds is 2. The molecule has 1 saturated carbocycles. The third kappa shape index (κ3) is 2.19. The number of hydrogen-bond donors (Lipinski definition) is 0. The van der Waals surface area contributed by atoms with Crippen molar-refractivity contribution in [1.29, 1.82) is 0 Å². The Morgan fingerprint density at radius 3 is 2.47 bits per heavy atom. The fourth-order valence-electron chi connectivity index (χ4n) is 1.43. The van der Waals surface area contributed by atoms with Gasteiger partial charge in [-0.05, 0) is 41.6 Å². The van der Waals surface area contributed by atoms with E-state index in [0.29, 0.717) is 18.2 Å². The lowest BCUT2D eigenvalue weighted by Gasteiger charge is -2.02. The van der Waals surface area contributed by atoms with Crippen LogP contribution < -0.4 is 0 Å². The third-order valence-electron chi connectivity index (χ3n) is 2.53. The molecule has 1 heterocycles. The molecular weight excluding hydrogens is 273 g/mol. The molecule has 15 heavy (non-hydrogen) atoms. The monoisotopic (exact) mass is 282 g/mol. The van der Waals surface area contributed by atoms with Crippen molar-refractivity contribution in [3.8, 4) is 0 Å². The highest BCUT2D eigenvalue weighted by Crippen LogP contribution is 2.37. The van der Waals surface area contributed by atoms with E-state index in [4.69, 9.17) is 0 Å². The summed E-state index contributed by atoms with van der Waals surface area (Å²) in [5, 5.41) is 3.61. The molecule has 1 aromatic heterocycles. The van der Waals surface area contributed by atoms with E-state index in [1.165, 1.54) is 4.68 Å². The maximum absolute atomic E-state index is 12.5. The zero-order valence-electron chi connectivity index (χ0n) is 8.10. The molecule has 0 N–H and O–H groups in total. The van der Waals surface area contributed by atoms with Crippen LogP contribution in [0.25, 0.3) is 0 Å². The lowest BCUT2D eigenvalue weighted by atomic mass is 10.3. The minimum atomic E-state index is -4.38. The summed E-state index contributed by atoms with van der Waals surface area (Å²) in [6.07, 6.45) is -2.19. The van der Waals surface area contributed by atoms with Crippen LogP contribution in [0.3, 0.4) is 0 Å². The second-order valence-electron chi connectivity index (χ2n) is 3.87. The molecule has 0 radical (unpaired) electrons. The van der Waals surface area contributed by atoms with Gasteiger partial charge in [-0.2, -0.15) is 18.3 Å². The Labute approximate surface area is 93.6 Å². The van der Waals surface area contributed by atoms with E-state index < -0.39 is 11.9 Å². The number of halogens is 4. The molecule has 2 rings (SSSR count). The van der Waals surface area contributed by atoms with Crippen LogP contribution >= 0.6 is 15.9 Å². The molecule has 1 aromatic rings. The molecule has 1 fully saturated rings. The molecule has 1 aliphatic carbocycles. The van der Waals surface area contributed by atoms with Crippen molar-refractivity contribution >= 4 is 15.9 Å². The molecule has 84 valence electrons. The molecule has 0 atom stereocenters. The Hall–Kier alpha value is -0.520. The number of aromatic nitrogens is 2. The molecule has 1 aliphatic rings. The van der Waals surface area contributed by atoms with Gasteiger partial charge in [0.05, 0.1) is 10.2 Å². The number of hydrogen-bond acceptors (Lipinski definition) is 1. The predicted molar refractivity (Wildman–Crippen MR) is 52.4 cm³/mol. The van der Waals surface area contributed by atoms with E-state index in [-0.39, 0.29) is 4.47 Å². The fraction of sp³-hybridized carbons (Fsp3) is 0.667. The van der Waals surface area contributed by atoms with E-state index in [1.54, 1.807) is 6.92 Å². The van der Waals surface area contributed by atoms with Crippen molar-refractivity contribution < 1.29 is 13.2 Å². The maximum atomic E-state index is 12.5. The topological polar surface area (TPSA) is 17.8 Å². The van der Waals surface area contributed by atoms with Crippen LogP contribution in [0.4, 0.5) is 13.2 Å². The Morgan fingerprint density at radius 1 is 1.47 bits per heavy atom. The lowest BCUT2D eigenvalue weighted by Crippen LogP contribution is -2.09. The Bertz CT molecular complexity index is 379. The van der Waals surface area contributed by atoms with Crippen LogP contribution in [-0.4, -0.2) is 9.78 Å². The Morgan fingerprint density at radius 2 is 2.07 bits per heavy atom. The van der Waals surface area contributed by atoms with E-state index in [2.05, 4.69) is 21.0 Å². The van der Waals surface area contributed by atoms with Crippen LogP contribution in [0.15, 0.2) is 4.47 Å². The predicted octanol–water partition coefficient (Wildman–Crippen LogP) is 3.38. The van der Waals surface area contributed by atoms with Gasteiger partial charge >= 0.3 is 6.18 Å². The Balaban J connectivity index is 2.32. The summed E-state index contributed by atoms with van der Waals surface area (Å²) in [7, 11) is 0. The Kier molecular flexibility index (Phi) is 2.56. The van der Waals surface area contributed by atoms with Gasteiger partial charge in [0.15, 0.2) is 5.69 Å². The lowest BCUT2D eigenvalue weighted by molar-refractivity contribution is -0.142. The average Bonchev–Trinajstić information content (AvgIpc) is 2.86. The van der Waals surface area contributed by atoms with E-state index >= 15 is 0 Å². The van der Waals surface area contributed by atoms with Gasteiger partial charge in [-0.25, -0.2) is 0 Å². The quantitative estimate of drug-likeness (QED) is 0.813. The summed E-state index contributed by atoms with van der Waals surface area (Å²) < 4.78 is 39.0. The first-order valence-corrected chi connectivity index (χ1v) is 5.49. The molecule has 0 aromatic carbocycles. The first-order chi connectivity index (χ1) is 6.89. The summed E-state index contributed by atoms with van der Waals surface area (Å²) in [6.45, 7) is 2.25. The molecule has 0 aliphatic heterocycles. The van der Waals surface area contributed by atoms with Gasteiger partial charge in [-0.3, -0.25) is 4.68 Å². The van der Waals surface area contributed by atoms with E-state index in [9.17, 15) is 13.2 Å². The fourth-order valence-corrected chi connectivity index (χ4v) is 1.94. The molecule has 2 nitrogen and oxygen atoms in total. The van der Waals surface area contributed by atoms with Crippen molar-refractivity contribution in [3.63, 3.8) is 0 Å². The van der Waals surface area contributed by atoms with Crippen molar-refractivity contribution in [2.45, 2.75) is 32.5 Å². The minimum Gasteiger partial charge on any atom is -0.268 e. The highest BCUT2D eigenvalue weighted by Gasteiger charge is 2.38. The normalized spacial score (nSPS) is 17.1. The average molecular weight is 283 g/mol. The first-order valence-electron chi connectivity index (χ1n) is 4.69. The molecule has 0 bridgehead atoms. The highest BCUT2D eigenvalue weighted by molar-refractivity contribution is 9.10.